The fourth-order valence-corrected chi connectivity index (χ4v) is 3.44. The van der Waals surface area contributed by atoms with Crippen LogP contribution in [-0.2, 0) is 16.6 Å². The van der Waals surface area contributed by atoms with Crippen molar-refractivity contribution < 1.29 is 4.79 Å². The lowest BCUT2D eigenvalue weighted by atomic mass is 9.95. The first-order valence-corrected chi connectivity index (χ1v) is 8.56. The van der Waals surface area contributed by atoms with Crippen molar-refractivity contribution in [2.75, 3.05) is 0 Å². The van der Waals surface area contributed by atoms with Crippen molar-refractivity contribution in [3.63, 3.8) is 0 Å². The van der Waals surface area contributed by atoms with Crippen molar-refractivity contribution in [3.05, 3.63) is 95.2 Å². The molecule has 0 heterocycles. The molecule has 2 aliphatic carbocycles. The lowest BCUT2D eigenvalue weighted by Gasteiger charge is -2.16. The molecule has 0 spiro atoms. The topological polar surface area (TPSA) is 29.1 Å². The highest BCUT2D eigenvalue weighted by atomic mass is 16.2. The standard InChI is InChI=1S/C22H21NO/c24-21(22(13-14-22)19-9-5-2-6-10-19)23-20-12-11-18(16-20)15-17-7-3-1-4-8-17/h1-12H,13-16H2,(H,23,24). The SMILES string of the molecule is O=C(NC1=CC=C(Cc2ccccc2)C1)C1(c2ccccc2)CC1. The van der Waals surface area contributed by atoms with E-state index in [9.17, 15) is 4.79 Å². The van der Waals surface area contributed by atoms with Gasteiger partial charge in [0.05, 0.1) is 5.41 Å². The van der Waals surface area contributed by atoms with Crippen LogP contribution < -0.4 is 5.32 Å². The molecule has 24 heavy (non-hydrogen) atoms. The largest absolute Gasteiger partial charge is 0.329 e. The molecule has 0 aliphatic heterocycles. The van der Waals surface area contributed by atoms with Crippen LogP contribution in [0.2, 0.25) is 0 Å². The quantitative estimate of drug-likeness (QED) is 0.876. The molecule has 120 valence electrons. The van der Waals surface area contributed by atoms with Crippen LogP contribution in [0.15, 0.2) is 84.1 Å². The van der Waals surface area contributed by atoms with Crippen LogP contribution in [0.25, 0.3) is 0 Å². The Morgan fingerprint density at radius 3 is 2.25 bits per heavy atom. The van der Waals surface area contributed by atoms with Gasteiger partial charge in [0.1, 0.15) is 0 Å². The first kappa shape index (κ1) is 14.9. The van der Waals surface area contributed by atoms with E-state index in [0.717, 1.165) is 36.9 Å². The van der Waals surface area contributed by atoms with Crippen LogP contribution in [-0.4, -0.2) is 5.91 Å². The summed E-state index contributed by atoms with van der Waals surface area (Å²) in [4.78, 5) is 12.8. The monoisotopic (exact) mass is 315 g/mol. The predicted octanol–water partition coefficient (Wildman–Crippen LogP) is 4.29. The maximum atomic E-state index is 12.8. The summed E-state index contributed by atoms with van der Waals surface area (Å²) in [5.74, 6) is 0.148. The summed E-state index contributed by atoms with van der Waals surface area (Å²) in [6.45, 7) is 0. The highest BCUT2D eigenvalue weighted by molar-refractivity contribution is 5.92. The number of rotatable bonds is 5. The van der Waals surface area contributed by atoms with Crippen LogP contribution >= 0.6 is 0 Å². The molecule has 1 fully saturated rings. The van der Waals surface area contributed by atoms with Crippen LogP contribution in [0.4, 0.5) is 0 Å². The third-order valence-electron chi connectivity index (χ3n) is 5.00. The zero-order chi connectivity index (χ0) is 16.4. The van der Waals surface area contributed by atoms with Gasteiger partial charge in [0, 0.05) is 12.1 Å². The van der Waals surface area contributed by atoms with E-state index in [1.807, 2.05) is 24.3 Å². The second kappa shape index (κ2) is 6.12. The van der Waals surface area contributed by atoms with Gasteiger partial charge >= 0.3 is 0 Å². The Morgan fingerprint density at radius 2 is 1.58 bits per heavy atom. The molecule has 0 aromatic heterocycles. The minimum atomic E-state index is -0.301. The van der Waals surface area contributed by atoms with E-state index in [1.54, 1.807) is 0 Å². The fraction of sp³-hybridized carbons (Fsp3) is 0.227. The number of hydrogen-bond acceptors (Lipinski definition) is 1. The number of allylic oxidation sites excluding steroid dienone is 3. The van der Waals surface area contributed by atoms with Gasteiger partial charge < -0.3 is 5.32 Å². The van der Waals surface area contributed by atoms with Crippen molar-refractivity contribution >= 4 is 5.91 Å². The highest BCUT2D eigenvalue weighted by Gasteiger charge is 2.51. The molecule has 0 saturated heterocycles. The normalized spacial score (nSPS) is 17.8. The van der Waals surface area contributed by atoms with Gasteiger partial charge in [-0.05, 0) is 36.5 Å². The Morgan fingerprint density at radius 1 is 0.917 bits per heavy atom. The third-order valence-corrected chi connectivity index (χ3v) is 5.00. The second-order valence-corrected chi connectivity index (χ2v) is 6.76. The highest BCUT2D eigenvalue weighted by Crippen LogP contribution is 2.48. The number of benzene rings is 2. The molecule has 2 aromatic rings. The smallest absolute Gasteiger partial charge is 0.234 e. The molecule has 1 amide bonds. The van der Waals surface area contributed by atoms with Gasteiger partial charge in [0.15, 0.2) is 0 Å². The molecular weight excluding hydrogens is 294 g/mol. The lowest BCUT2D eigenvalue weighted by molar-refractivity contribution is -0.122. The molecule has 0 radical (unpaired) electrons. The Hall–Kier alpha value is -2.61. The van der Waals surface area contributed by atoms with Gasteiger partial charge in [-0.25, -0.2) is 0 Å². The van der Waals surface area contributed by atoms with E-state index in [-0.39, 0.29) is 11.3 Å². The van der Waals surface area contributed by atoms with E-state index in [4.69, 9.17) is 0 Å². The molecule has 0 bridgehead atoms. The summed E-state index contributed by atoms with van der Waals surface area (Å²) in [6, 6.07) is 20.6. The van der Waals surface area contributed by atoms with Crippen LogP contribution in [0.1, 0.15) is 30.4 Å². The van der Waals surface area contributed by atoms with Crippen LogP contribution in [0.5, 0.6) is 0 Å². The average molecular weight is 315 g/mol. The van der Waals surface area contributed by atoms with E-state index < -0.39 is 0 Å². The van der Waals surface area contributed by atoms with Crippen molar-refractivity contribution in [1.29, 1.82) is 0 Å². The lowest BCUT2D eigenvalue weighted by Crippen LogP contribution is -2.34. The maximum Gasteiger partial charge on any atom is 0.234 e. The zero-order valence-electron chi connectivity index (χ0n) is 13.7. The summed E-state index contributed by atoms with van der Waals surface area (Å²) in [7, 11) is 0. The summed E-state index contributed by atoms with van der Waals surface area (Å²) in [5.41, 5.74) is 4.52. The van der Waals surface area contributed by atoms with Gasteiger partial charge in [-0.3, -0.25) is 4.79 Å². The van der Waals surface area contributed by atoms with Crippen molar-refractivity contribution in [1.82, 2.24) is 5.32 Å². The average Bonchev–Trinajstić information content (AvgIpc) is 3.33. The number of carbonyl (C=O) groups is 1. The second-order valence-electron chi connectivity index (χ2n) is 6.76. The number of amides is 1. The maximum absolute atomic E-state index is 12.8. The number of hydrogen-bond donors (Lipinski definition) is 1. The molecule has 2 aliphatic rings. The predicted molar refractivity (Wildman–Crippen MR) is 96.4 cm³/mol. The minimum absolute atomic E-state index is 0.148. The number of nitrogens with one attached hydrogen (secondary N) is 1. The molecule has 2 nitrogen and oxygen atoms in total. The van der Waals surface area contributed by atoms with Crippen molar-refractivity contribution in [2.24, 2.45) is 0 Å². The Balaban J connectivity index is 1.37. The molecule has 0 atom stereocenters. The van der Waals surface area contributed by atoms with Gasteiger partial charge in [-0.2, -0.15) is 0 Å². The van der Waals surface area contributed by atoms with Crippen LogP contribution in [0, 0.1) is 0 Å². The van der Waals surface area contributed by atoms with Gasteiger partial charge in [-0.1, -0.05) is 72.3 Å². The summed E-state index contributed by atoms with van der Waals surface area (Å²) < 4.78 is 0. The molecular formula is C22H21NO. The Kier molecular flexibility index (Phi) is 3.81. The minimum Gasteiger partial charge on any atom is -0.329 e. The summed E-state index contributed by atoms with van der Waals surface area (Å²) in [5, 5.41) is 3.17. The van der Waals surface area contributed by atoms with Gasteiger partial charge in [0.25, 0.3) is 0 Å². The van der Waals surface area contributed by atoms with Gasteiger partial charge in [0.2, 0.25) is 5.91 Å². The van der Waals surface area contributed by atoms with Crippen molar-refractivity contribution in [2.45, 2.75) is 31.1 Å². The fourth-order valence-electron chi connectivity index (χ4n) is 3.44. The van der Waals surface area contributed by atoms with Gasteiger partial charge in [-0.15, -0.1) is 0 Å². The summed E-state index contributed by atoms with van der Waals surface area (Å²) in [6.07, 6.45) is 7.87. The van der Waals surface area contributed by atoms with E-state index >= 15 is 0 Å². The molecule has 1 N–H and O–H groups in total. The first-order chi connectivity index (χ1) is 11.8. The van der Waals surface area contributed by atoms with E-state index in [2.05, 4.69) is 53.9 Å². The first-order valence-electron chi connectivity index (χ1n) is 8.56. The molecule has 2 aromatic carbocycles. The zero-order valence-corrected chi connectivity index (χ0v) is 13.7. The molecule has 2 heteroatoms. The van der Waals surface area contributed by atoms with E-state index in [1.165, 1.54) is 11.1 Å². The third kappa shape index (κ3) is 2.92. The Bertz CT molecular complexity index is 798. The Labute approximate surface area is 142 Å². The van der Waals surface area contributed by atoms with Crippen LogP contribution in [0.3, 0.4) is 0 Å². The summed E-state index contributed by atoms with van der Waals surface area (Å²) >= 11 is 0. The number of carbonyl (C=O) groups excluding carboxylic acids is 1. The molecule has 0 unspecified atom stereocenters. The molecule has 1 saturated carbocycles. The van der Waals surface area contributed by atoms with E-state index in [0.29, 0.717) is 0 Å². The molecule has 4 rings (SSSR count). The van der Waals surface area contributed by atoms with Crippen molar-refractivity contribution in [3.8, 4) is 0 Å².